The average Bonchev–Trinajstić information content (AvgIpc) is 2.41. The average molecular weight is 316 g/mol. The van der Waals surface area contributed by atoms with Crippen molar-refractivity contribution < 1.29 is 19.8 Å². The zero-order valence-electron chi connectivity index (χ0n) is 11.1. The number of amides is 1. The number of nitrogens with one attached hydrogen (secondary N) is 1. The van der Waals surface area contributed by atoms with E-state index >= 15 is 0 Å². The molecule has 0 bridgehead atoms. The molecule has 0 saturated carbocycles. The van der Waals surface area contributed by atoms with Crippen LogP contribution in [0.4, 0.5) is 0 Å². The monoisotopic (exact) mass is 316 g/mol. The van der Waals surface area contributed by atoms with Gasteiger partial charge in [0, 0.05) is 25.4 Å². The lowest BCUT2D eigenvalue weighted by molar-refractivity contribution is -0.152. The number of aromatic nitrogens is 2. The van der Waals surface area contributed by atoms with Gasteiger partial charge in [-0.1, -0.05) is 0 Å². The number of hydrogen-bond donors (Lipinski definition) is 4. The van der Waals surface area contributed by atoms with Crippen LogP contribution in [0.25, 0.3) is 0 Å². The van der Waals surface area contributed by atoms with Crippen molar-refractivity contribution in [2.24, 2.45) is 5.73 Å². The molecule has 0 aliphatic heterocycles. The highest BCUT2D eigenvalue weighted by molar-refractivity contribution is 7.71. The van der Waals surface area contributed by atoms with Gasteiger partial charge in [-0.2, -0.15) is 0 Å². The standard InChI is InChI=1S/C11H16N4O5S/c12-2-4-15(7(6-16)10(19)20)9(18)5-14-3-1-8(17)13-11(14)21/h1,3,7,16H,2,4-6,12H2,(H,19,20)(H,13,17,21). The summed E-state index contributed by atoms with van der Waals surface area (Å²) in [6.07, 6.45) is 1.33. The summed E-state index contributed by atoms with van der Waals surface area (Å²) in [4.78, 5) is 37.6. The van der Waals surface area contributed by atoms with Crippen LogP contribution in [0.2, 0.25) is 0 Å². The van der Waals surface area contributed by atoms with E-state index in [0.29, 0.717) is 0 Å². The molecule has 0 saturated heterocycles. The number of aliphatic hydroxyl groups is 1. The molecule has 1 aromatic heterocycles. The number of H-pyrrole nitrogens is 1. The Hall–Kier alpha value is -2.04. The second-order valence-corrected chi connectivity index (χ2v) is 4.54. The van der Waals surface area contributed by atoms with Crippen molar-refractivity contribution in [3.05, 3.63) is 27.4 Å². The maximum atomic E-state index is 12.2. The van der Waals surface area contributed by atoms with E-state index in [1.807, 2.05) is 0 Å². The normalized spacial score (nSPS) is 11.9. The molecule has 1 atom stereocenters. The van der Waals surface area contributed by atoms with Gasteiger partial charge in [-0.15, -0.1) is 0 Å². The molecule has 0 fully saturated rings. The summed E-state index contributed by atoms with van der Waals surface area (Å²) < 4.78 is 1.33. The van der Waals surface area contributed by atoms with Crippen molar-refractivity contribution in [2.45, 2.75) is 12.6 Å². The third-order valence-electron chi connectivity index (χ3n) is 2.73. The highest BCUT2D eigenvalue weighted by Gasteiger charge is 2.28. The SMILES string of the molecule is NCCN(C(=O)Cn1ccc(=O)[nH]c1=S)C(CO)C(=O)O. The summed E-state index contributed by atoms with van der Waals surface area (Å²) in [6, 6.07) is -0.185. The first-order chi connectivity index (χ1) is 9.90. The van der Waals surface area contributed by atoms with Gasteiger partial charge in [0.05, 0.1) is 6.61 Å². The maximum absolute atomic E-state index is 12.2. The molecule has 5 N–H and O–H groups in total. The van der Waals surface area contributed by atoms with Crippen LogP contribution in [0.15, 0.2) is 17.1 Å². The fourth-order valence-electron chi connectivity index (χ4n) is 1.71. The van der Waals surface area contributed by atoms with Crippen LogP contribution in [0.5, 0.6) is 0 Å². The second kappa shape index (κ2) is 7.67. The molecule has 9 nitrogen and oxygen atoms in total. The Morgan fingerprint density at radius 1 is 1.52 bits per heavy atom. The molecule has 1 amide bonds. The summed E-state index contributed by atoms with van der Waals surface area (Å²) >= 11 is 4.90. The molecular formula is C11H16N4O5S. The van der Waals surface area contributed by atoms with E-state index in [9.17, 15) is 14.4 Å². The van der Waals surface area contributed by atoms with Crippen LogP contribution < -0.4 is 11.3 Å². The number of carbonyl (C=O) groups is 2. The molecule has 0 radical (unpaired) electrons. The van der Waals surface area contributed by atoms with Crippen LogP contribution in [-0.2, 0) is 16.1 Å². The molecule has 1 rings (SSSR count). The van der Waals surface area contributed by atoms with Gasteiger partial charge in [-0.3, -0.25) is 14.6 Å². The summed E-state index contributed by atoms with van der Waals surface area (Å²) in [7, 11) is 0. The smallest absolute Gasteiger partial charge is 0.328 e. The summed E-state index contributed by atoms with van der Waals surface area (Å²) in [6.45, 7) is -0.961. The minimum Gasteiger partial charge on any atom is -0.480 e. The Kier molecular flexibility index (Phi) is 6.21. The molecule has 1 unspecified atom stereocenters. The van der Waals surface area contributed by atoms with Crippen molar-refractivity contribution in [3.63, 3.8) is 0 Å². The highest BCUT2D eigenvalue weighted by atomic mass is 32.1. The van der Waals surface area contributed by atoms with Crippen molar-refractivity contribution in [1.82, 2.24) is 14.5 Å². The first kappa shape index (κ1) is 17.0. The molecule has 116 valence electrons. The van der Waals surface area contributed by atoms with Gasteiger partial charge in [0.15, 0.2) is 10.8 Å². The van der Waals surface area contributed by atoms with Gasteiger partial charge in [0.1, 0.15) is 6.54 Å². The molecule has 0 aliphatic rings. The molecule has 21 heavy (non-hydrogen) atoms. The molecule has 1 heterocycles. The molecule has 0 spiro atoms. The Balaban J connectivity index is 2.98. The number of aliphatic hydroxyl groups excluding tert-OH is 1. The largest absolute Gasteiger partial charge is 0.480 e. The summed E-state index contributed by atoms with van der Waals surface area (Å²) in [5.41, 5.74) is 4.96. The quantitative estimate of drug-likeness (QED) is 0.432. The molecule has 0 aromatic carbocycles. The summed E-state index contributed by atoms with van der Waals surface area (Å²) in [5, 5.41) is 18.1. The first-order valence-corrected chi connectivity index (χ1v) is 6.44. The van der Waals surface area contributed by atoms with E-state index in [0.717, 1.165) is 4.90 Å². The number of hydrogen-bond acceptors (Lipinski definition) is 6. The van der Waals surface area contributed by atoms with E-state index in [1.165, 1.54) is 16.8 Å². The van der Waals surface area contributed by atoms with E-state index in [4.69, 9.17) is 28.2 Å². The third kappa shape index (κ3) is 4.48. The predicted molar refractivity (Wildman–Crippen MR) is 75.2 cm³/mol. The number of carboxylic acids is 1. The van der Waals surface area contributed by atoms with Gasteiger partial charge < -0.3 is 25.4 Å². The third-order valence-corrected chi connectivity index (χ3v) is 3.06. The predicted octanol–water partition coefficient (Wildman–Crippen LogP) is -1.86. The van der Waals surface area contributed by atoms with Crippen LogP contribution >= 0.6 is 12.2 Å². The van der Waals surface area contributed by atoms with Crippen LogP contribution in [-0.4, -0.2) is 62.3 Å². The Morgan fingerprint density at radius 3 is 2.67 bits per heavy atom. The van der Waals surface area contributed by atoms with E-state index in [1.54, 1.807) is 0 Å². The maximum Gasteiger partial charge on any atom is 0.328 e. The van der Waals surface area contributed by atoms with Crippen LogP contribution in [0, 0.1) is 4.77 Å². The van der Waals surface area contributed by atoms with E-state index in [-0.39, 0.29) is 24.4 Å². The fraction of sp³-hybridized carbons (Fsp3) is 0.455. The van der Waals surface area contributed by atoms with Gasteiger partial charge >= 0.3 is 5.97 Å². The first-order valence-electron chi connectivity index (χ1n) is 6.03. The van der Waals surface area contributed by atoms with Crippen LogP contribution in [0.3, 0.4) is 0 Å². The fourth-order valence-corrected chi connectivity index (χ4v) is 1.93. The highest BCUT2D eigenvalue weighted by Crippen LogP contribution is 2.02. The second-order valence-electron chi connectivity index (χ2n) is 4.15. The number of aliphatic carboxylic acids is 1. The topological polar surface area (TPSA) is 142 Å². The number of rotatable bonds is 7. The lowest BCUT2D eigenvalue weighted by Crippen LogP contribution is -2.50. The molecule has 0 aliphatic carbocycles. The van der Waals surface area contributed by atoms with Gasteiger partial charge in [0.2, 0.25) is 5.91 Å². The number of nitrogens with zero attached hydrogens (tertiary/aromatic N) is 2. The minimum atomic E-state index is -1.38. The zero-order chi connectivity index (χ0) is 16.0. The number of carboxylic acid groups (broad SMARTS) is 1. The van der Waals surface area contributed by atoms with Crippen molar-refractivity contribution in [3.8, 4) is 0 Å². The van der Waals surface area contributed by atoms with Crippen molar-refractivity contribution in [1.29, 1.82) is 0 Å². The summed E-state index contributed by atoms with van der Waals surface area (Å²) in [5.74, 6) is -1.91. The van der Waals surface area contributed by atoms with Gasteiger partial charge in [0.25, 0.3) is 5.56 Å². The Morgan fingerprint density at radius 2 is 2.19 bits per heavy atom. The van der Waals surface area contributed by atoms with Crippen molar-refractivity contribution in [2.75, 3.05) is 19.7 Å². The Labute approximate surface area is 124 Å². The minimum absolute atomic E-state index is 0.0208. The Bertz CT molecular complexity index is 626. The van der Waals surface area contributed by atoms with Crippen LogP contribution in [0.1, 0.15) is 0 Å². The number of carbonyl (C=O) groups excluding carboxylic acids is 1. The molecular weight excluding hydrogens is 300 g/mol. The van der Waals surface area contributed by atoms with Gasteiger partial charge in [-0.05, 0) is 12.2 Å². The molecule has 1 aromatic rings. The lowest BCUT2D eigenvalue weighted by Gasteiger charge is -2.27. The van der Waals surface area contributed by atoms with E-state index < -0.39 is 30.1 Å². The lowest BCUT2D eigenvalue weighted by atomic mass is 10.2. The van der Waals surface area contributed by atoms with Gasteiger partial charge in [-0.25, -0.2) is 4.79 Å². The van der Waals surface area contributed by atoms with Crippen molar-refractivity contribution >= 4 is 24.1 Å². The zero-order valence-corrected chi connectivity index (χ0v) is 11.9. The number of nitrogens with two attached hydrogens (primary N) is 1. The van der Waals surface area contributed by atoms with E-state index in [2.05, 4.69) is 4.98 Å². The molecule has 10 heteroatoms. The number of aromatic amines is 1.